The van der Waals surface area contributed by atoms with Crippen LogP contribution in [0.15, 0.2) is 116 Å². The van der Waals surface area contributed by atoms with E-state index in [9.17, 15) is 0 Å². The van der Waals surface area contributed by atoms with E-state index in [0.29, 0.717) is 0 Å². The topological polar surface area (TPSA) is 30.2 Å². The summed E-state index contributed by atoms with van der Waals surface area (Å²) in [5.41, 5.74) is 13.2. The molecular weight excluding hydrogens is 462 g/mol. The van der Waals surface area contributed by atoms with E-state index in [2.05, 4.69) is 119 Å². The monoisotopic (exact) mass is 483 g/mol. The molecule has 3 nitrogen and oxygen atoms in total. The fourth-order valence-electron chi connectivity index (χ4n) is 6.61. The van der Waals surface area contributed by atoms with Crippen LogP contribution in [-0.4, -0.2) is 14.4 Å². The van der Waals surface area contributed by atoms with Crippen molar-refractivity contribution in [3.05, 3.63) is 127 Å². The van der Waals surface area contributed by atoms with Crippen molar-refractivity contribution in [3.8, 4) is 33.6 Å². The first kappa shape index (κ1) is 20.1. The van der Waals surface area contributed by atoms with Crippen molar-refractivity contribution in [1.29, 1.82) is 0 Å². The number of nitrogens with zero attached hydrogens (tertiary/aromatic N) is 3. The van der Waals surface area contributed by atoms with Crippen LogP contribution in [-0.2, 0) is 6.42 Å². The van der Waals surface area contributed by atoms with E-state index >= 15 is 0 Å². The Morgan fingerprint density at radius 1 is 0.526 bits per heavy atom. The molecule has 0 atom stereocenters. The molecule has 0 bridgehead atoms. The molecule has 0 N–H and O–H groups in total. The van der Waals surface area contributed by atoms with Gasteiger partial charge in [-0.05, 0) is 34.9 Å². The highest BCUT2D eigenvalue weighted by Gasteiger charge is 2.24. The number of fused-ring (bicyclic) bond motifs is 9. The highest BCUT2D eigenvalue weighted by molar-refractivity contribution is 6.23. The zero-order chi connectivity index (χ0) is 24.8. The summed E-state index contributed by atoms with van der Waals surface area (Å²) in [6.45, 7) is 0. The van der Waals surface area contributed by atoms with Crippen molar-refractivity contribution in [1.82, 2.24) is 14.4 Å². The Hall–Kier alpha value is -5.02. The van der Waals surface area contributed by atoms with Gasteiger partial charge < -0.3 is 4.40 Å². The fraction of sp³-hybridized carbons (Fsp3) is 0.0286. The van der Waals surface area contributed by atoms with E-state index in [4.69, 9.17) is 4.98 Å². The smallest absolute Gasteiger partial charge is 0.116 e. The molecule has 0 spiro atoms. The Kier molecular flexibility index (Phi) is 3.84. The summed E-state index contributed by atoms with van der Waals surface area (Å²) in [6.07, 6.45) is 2.58. The minimum Gasteiger partial charge on any atom is -0.308 e. The fourth-order valence-corrected chi connectivity index (χ4v) is 6.61. The van der Waals surface area contributed by atoms with Crippen LogP contribution in [0.1, 0.15) is 11.1 Å². The zero-order valence-electron chi connectivity index (χ0n) is 20.5. The maximum atomic E-state index is 4.76. The number of benzene rings is 5. The maximum absolute atomic E-state index is 4.76. The summed E-state index contributed by atoms with van der Waals surface area (Å²) in [5.74, 6) is 0. The lowest BCUT2D eigenvalue weighted by Gasteiger charge is -2.10. The van der Waals surface area contributed by atoms with Gasteiger partial charge >= 0.3 is 0 Å². The molecule has 3 heterocycles. The Balaban J connectivity index is 1.24. The molecule has 1 aliphatic rings. The second kappa shape index (κ2) is 7.27. The second-order valence-electron chi connectivity index (χ2n) is 10.3. The SMILES string of the molecule is c1cc(-c2ccc3c4cccc5c6ccccc6n(c3c2)c54)cc(-c2ncnc3c2Cc2ccccc2-3)c1. The van der Waals surface area contributed by atoms with Gasteiger partial charge in [-0.25, -0.2) is 9.97 Å². The third-order valence-corrected chi connectivity index (χ3v) is 8.28. The quantitative estimate of drug-likeness (QED) is 0.247. The molecule has 38 heavy (non-hydrogen) atoms. The first-order valence-corrected chi connectivity index (χ1v) is 13.0. The van der Waals surface area contributed by atoms with Gasteiger partial charge in [0.1, 0.15) is 6.33 Å². The first-order chi connectivity index (χ1) is 18.8. The third kappa shape index (κ3) is 2.58. The van der Waals surface area contributed by atoms with Crippen LogP contribution in [0, 0.1) is 0 Å². The molecule has 0 unspecified atom stereocenters. The first-order valence-electron chi connectivity index (χ1n) is 13.0. The molecule has 8 aromatic rings. The van der Waals surface area contributed by atoms with Crippen LogP contribution >= 0.6 is 0 Å². The number of para-hydroxylation sites is 2. The zero-order valence-corrected chi connectivity index (χ0v) is 20.5. The van der Waals surface area contributed by atoms with Gasteiger partial charge in [0.25, 0.3) is 0 Å². The largest absolute Gasteiger partial charge is 0.308 e. The summed E-state index contributed by atoms with van der Waals surface area (Å²) < 4.78 is 2.44. The summed E-state index contributed by atoms with van der Waals surface area (Å²) in [7, 11) is 0. The van der Waals surface area contributed by atoms with Crippen LogP contribution in [0.4, 0.5) is 0 Å². The Bertz CT molecular complexity index is 2220. The van der Waals surface area contributed by atoms with E-state index < -0.39 is 0 Å². The Labute approximate surface area is 219 Å². The Morgan fingerprint density at radius 3 is 2.18 bits per heavy atom. The number of hydrogen-bond acceptors (Lipinski definition) is 2. The summed E-state index contributed by atoms with van der Waals surface area (Å²) >= 11 is 0. The van der Waals surface area contributed by atoms with Crippen LogP contribution in [0.3, 0.4) is 0 Å². The van der Waals surface area contributed by atoms with Crippen LogP contribution in [0.25, 0.3) is 71.7 Å². The highest BCUT2D eigenvalue weighted by atomic mass is 14.9. The summed E-state index contributed by atoms with van der Waals surface area (Å²) in [4.78, 5) is 9.41. The molecule has 3 heteroatoms. The molecule has 0 aliphatic heterocycles. The van der Waals surface area contributed by atoms with Gasteiger partial charge in [0, 0.05) is 44.7 Å². The minimum atomic E-state index is 0.875. The van der Waals surface area contributed by atoms with Crippen molar-refractivity contribution in [2.45, 2.75) is 6.42 Å². The molecule has 0 fully saturated rings. The normalized spacial score (nSPS) is 12.6. The second-order valence-corrected chi connectivity index (χ2v) is 10.3. The van der Waals surface area contributed by atoms with Gasteiger partial charge in [0.2, 0.25) is 0 Å². The van der Waals surface area contributed by atoms with Crippen molar-refractivity contribution in [3.63, 3.8) is 0 Å². The average Bonchev–Trinajstić information content (AvgIpc) is 3.64. The number of rotatable bonds is 2. The van der Waals surface area contributed by atoms with Crippen molar-refractivity contribution in [2.24, 2.45) is 0 Å². The standard InChI is InChI=1S/C35H21N3/c1-2-10-25-23(7-1)18-30-33(36-20-37-34(25)30)24-9-5-8-21(17-24)22-15-16-27-29-13-6-12-28-26-11-3-4-14-31(26)38(35(28)29)32(27)19-22/h1-17,19-20H,18H2. The van der Waals surface area contributed by atoms with Gasteiger partial charge in [-0.3, -0.25) is 0 Å². The van der Waals surface area contributed by atoms with Crippen LogP contribution in [0.5, 0.6) is 0 Å². The van der Waals surface area contributed by atoms with E-state index in [1.165, 1.54) is 65.9 Å². The lowest BCUT2D eigenvalue weighted by atomic mass is 9.98. The number of aromatic nitrogens is 3. The van der Waals surface area contributed by atoms with Crippen molar-refractivity contribution in [2.75, 3.05) is 0 Å². The van der Waals surface area contributed by atoms with E-state index in [1.54, 1.807) is 6.33 Å². The molecular formula is C35H21N3. The predicted molar refractivity (Wildman–Crippen MR) is 156 cm³/mol. The molecule has 0 saturated carbocycles. The van der Waals surface area contributed by atoms with Gasteiger partial charge in [0.05, 0.1) is 27.9 Å². The summed E-state index contributed by atoms with van der Waals surface area (Å²) in [5, 5.41) is 5.23. The van der Waals surface area contributed by atoms with Gasteiger partial charge in [0.15, 0.2) is 0 Å². The molecule has 0 radical (unpaired) electrons. The predicted octanol–water partition coefficient (Wildman–Crippen LogP) is 8.53. The third-order valence-electron chi connectivity index (χ3n) is 8.28. The van der Waals surface area contributed by atoms with Gasteiger partial charge in [-0.1, -0.05) is 91.0 Å². The van der Waals surface area contributed by atoms with Crippen LogP contribution < -0.4 is 0 Å². The number of hydrogen-bond donors (Lipinski definition) is 0. The van der Waals surface area contributed by atoms with Crippen molar-refractivity contribution < 1.29 is 0 Å². The molecule has 0 saturated heterocycles. The summed E-state index contributed by atoms with van der Waals surface area (Å²) in [6, 6.07) is 39.6. The maximum Gasteiger partial charge on any atom is 0.116 e. The van der Waals surface area contributed by atoms with Crippen LogP contribution in [0.2, 0.25) is 0 Å². The molecule has 176 valence electrons. The Morgan fingerprint density at radius 2 is 1.24 bits per heavy atom. The minimum absolute atomic E-state index is 0.875. The molecule has 5 aromatic carbocycles. The van der Waals surface area contributed by atoms with E-state index in [0.717, 1.165) is 23.4 Å². The van der Waals surface area contributed by atoms with Gasteiger partial charge in [-0.2, -0.15) is 0 Å². The van der Waals surface area contributed by atoms with Crippen molar-refractivity contribution >= 4 is 38.1 Å². The lowest BCUT2D eigenvalue weighted by molar-refractivity contribution is 1.13. The van der Waals surface area contributed by atoms with E-state index in [1.807, 2.05) is 0 Å². The van der Waals surface area contributed by atoms with Gasteiger partial charge in [-0.15, -0.1) is 0 Å². The average molecular weight is 484 g/mol. The van der Waals surface area contributed by atoms with E-state index in [-0.39, 0.29) is 0 Å². The lowest BCUT2D eigenvalue weighted by Crippen LogP contribution is -1.94. The highest BCUT2D eigenvalue weighted by Crippen LogP contribution is 2.42. The molecule has 0 amide bonds. The molecule has 9 rings (SSSR count). The molecule has 1 aliphatic carbocycles. The molecule has 3 aromatic heterocycles.